The Bertz CT molecular complexity index is 1990. The van der Waals surface area contributed by atoms with E-state index in [2.05, 4.69) is 105 Å². The van der Waals surface area contributed by atoms with Gasteiger partial charge in [-0.3, -0.25) is 0 Å². The fourth-order valence-corrected chi connectivity index (χ4v) is 6.24. The van der Waals surface area contributed by atoms with E-state index in [0.717, 1.165) is 60.1 Å². The van der Waals surface area contributed by atoms with Crippen molar-refractivity contribution in [2.45, 2.75) is 84.6 Å². The van der Waals surface area contributed by atoms with E-state index in [1.807, 2.05) is 47.4 Å². The summed E-state index contributed by atoms with van der Waals surface area (Å²) in [5, 5.41) is 4.10. The fourth-order valence-electron chi connectivity index (χ4n) is 5.58. The molecule has 0 fully saturated rings. The molecule has 0 unspecified atom stereocenters. The van der Waals surface area contributed by atoms with E-state index in [4.69, 9.17) is 18.9 Å². The maximum absolute atomic E-state index is 5.38. The van der Waals surface area contributed by atoms with Crippen molar-refractivity contribution in [1.82, 2.24) is 14.6 Å². The zero-order valence-electron chi connectivity index (χ0n) is 29.3. The molecule has 0 bridgehead atoms. The van der Waals surface area contributed by atoms with Crippen LogP contribution in [-0.4, -0.2) is 34.6 Å². The van der Waals surface area contributed by atoms with Crippen LogP contribution in [0.25, 0.3) is 15.7 Å². The predicted octanol–water partition coefficient (Wildman–Crippen LogP) is 13.0. The molecule has 3 aromatic heterocycles. The summed E-state index contributed by atoms with van der Waals surface area (Å²) in [6.07, 6.45) is 5.97. The number of aryl methyl sites for hydroxylation is 5. The number of pyridine rings is 1. The Hall–Kier alpha value is -5.34. The molecule has 7 nitrogen and oxygen atoms in total. The summed E-state index contributed by atoms with van der Waals surface area (Å²) in [5.41, 5.74) is 13.2. The molecule has 0 spiro atoms. The average molecular weight is 766 g/mol. The molecule has 0 amide bonds. The molecule has 4 aromatic carbocycles. The number of fused-ring (bicyclic) bond motifs is 5. The van der Waals surface area contributed by atoms with Crippen LogP contribution in [0.4, 0.5) is 0 Å². The molecule has 0 atom stereocenters. The topological polar surface area (TPSA) is 67.1 Å². The van der Waals surface area contributed by atoms with Gasteiger partial charge in [-0.1, -0.05) is 85.2 Å². The van der Waals surface area contributed by atoms with Crippen molar-refractivity contribution < 1.29 is 18.9 Å². The number of rotatable bonds is 0. The lowest BCUT2D eigenvalue weighted by atomic mass is 10.1. The lowest BCUT2D eigenvalue weighted by Crippen LogP contribution is -1.92. The van der Waals surface area contributed by atoms with Crippen LogP contribution < -0.4 is 18.9 Å². The third-order valence-corrected chi connectivity index (χ3v) is 9.06. The number of ether oxygens (including phenoxy) is 4. The van der Waals surface area contributed by atoms with Gasteiger partial charge in [-0.25, -0.2) is 9.50 Å². The number of thiazole rings is 1. The van der Waals surface area contributed by atoms with E-state index in [0.29, 0.717) is 6.79 Å². The van der Waals surface area contributed by atoms with Crippen molar-refractivity contribution in [2.24, 2.45) is 0 Å². The molecule has 3 aliphatic heterocycles. The summed E-state index contributed by atoms with van der Waals surface area (Å²) in [6, 6.07) is 31.1. The average Bonchev–Trinajstić information content (AvgIpc) is 3.96. The SMILES string of the molecule is C.C.C.C.C.Cc1ccc2c(c1)CCO2.Cc1ccc2c(c1)OCC2.Cc1ccc2c(c1)OCO2.Cc1ccc2ccnn2c1.Cc1ccc2scnc2c1. The predicted molar refractivity (Wildman–Crippen MR) is 236 cm³/mol. The van der Waals surface area contributed by atoms with Gasteiger partial charge in [0, 0.05) is 25.2 Å². The van der Waals surface area contributed by atoms with E-state index in [1.54, 1.807) is 17.5 Å². The molecule has 0 aliphatic carbocycles. The first kappa shape index (κ1) is 47.7. The van der Waals surface area contributed by atoms with Crippen molar-refractivity contribution in [2.75, 3.05) is 20.0 Å². The normalized spacial score (nSPS) is 11.6. The van der Waals surface area contributed by atoms with Crippen LogP contribution >= 0.6 is 11.3 Å². The first-order chi connectivity index (χ1) is 24.3. The second kappa shape index (κ2) is 22.8. The van der Waals surface area contributed by atoms with E-state index < -0.39 is 0 Å². The van der Waals surface area contributed by atoms with Gasteiger partial charge in [-0.2, -0.15) is 5.10 Å². The van der Waals surface area contributed by atoms with Crippen LogP contribution in [0, 0.1) is 34.6 Å². The quantitative estimate of drug-likeness (QED) is 0.153. The van der Waals surface area contributed by atoms with Crippen LogP contribution in [-0.2, 0) is 12.8 Å². The fraction of sp³-hybridized carbons (Fsp3) is 0.319. The Kier molecular flexibility index (Phi) is 19.7. The molecule has 6 heterocycles. The zero-order chi connectivity index (χ0) is 34.9. The lowest BCUT2D eigenvalue weighted by Gasteiger charge is -1.97. The van der Waals surface area contributed by atoms with Gasteiger partial charge in [0.2, 0.25) is 6.79 Å². The summed E-state index contributed by atoms with van der Waals surface area (Å²) >= 11 is 1.68. The van der Waals surface area contributed by atoms with Gasteiger partial charge >= 0.3 is 0 Å². The molecule has 0 radical (unpaired) electrons. The van der Waals surface area contributed by atoms with Crippen molar-refractivity contribution in [1.29, 1.82) is 0 Å². The number of hydrogen-bond donors (Lipinski definition) is 0. The Morgan fingerprint density at radius 3 is 1.87 bits per heavy atom. The highest BCUT2D eigenvalue weighted by atomic mass is 32.1. The van der Waals surface area contributed by atoms with Gasteiger partial charge in [0.15, 0.2) is 11.5 Å². The Balaban J connectivity index is 0.000000336. The molecule has 3 aliphatic rings. The Labute approximate surface area is 334 Å². The van der Waals surface area contributed by atoms with E-state index in [1.165, 1.54) is 43.6 Å². The third kappa shape index (κ3) is 13.2. The molecule has 8 heteroatoms. The second-order valence-corrected chi connectivity index (χ2v) is 13.4. The van der Waals surface area contributed by atoms with Crippen LogP contribution in [0.2, 0.25) is 0 Å². The maximum atomic E-state index is 5.38. The third-order valence-electron chi connectivity index (χ3n) is 8.25. The molecule has 0 saturated carbocycles. The maximum Gasteiger partial charge on any atom is 0.231 e. The van der Waals surface area contributed by atoms with Gasteiger partial charge in [-0.05, 0) is 117 Å². The number of aromatic nitrogens is 3. The molecule has 55 heavy (non-hydrogen) atoms. The molecule has 0 N–H and O–H groups in total. The van der Waals surface area contributed by atoms with Crippen LogP contribution in [0.1, 0.15) is 76.1 Å². The summed E-state index contributed by atoms with van der Waals surface area (Å²) in [4.78, 5) is 4.20. The number of nitrogens with zero attached hydrogens (tertiary/aromatic N) is 3. The van der Waals surface area contributed by atoms with Gasteiger partial charge < -0.3 is 18.9 Å². The largest absolute Gasteiger partial charge is 0.493 e. The molecule has 296 valence electrons. The molecule has 10 rings (SSSR count). The standard InChI is InChI=1S/2C9H10O.C8H8N2.C8H7NS.C8H8O2.5CH4/c1-7-2-3-9-8(6-7)4-5-10-9;1-7-2-3-8-4-5-10-9(8)6-7;1-7-2-3-8-4-5-9-10(8)6-7;1-6-2-3-8-7(4-6)9-5-10-8;1-6-2-3-7-8(4-6)10-5-9-7;;;;;/h2*2-3,6H,4-5H2,1H3;2-6H,1H3;2-5H,1H3;2-4H,5H2,1H3;5*1H4. The highest BCUT2D eigenvalue weighted by molar-refractivity contribution is 7.16. The van der Waals surface area contributed by atoms with Crippen molar-refractivity contribution in [3.05, 3.63) is 148 Å². The lowest BCUT2D eigenvalue weighted by molar-refractivity contribution is 0.174. The molecular weight excluding hydrogens is 703 g/mol. The van der Waals surface area contributed by atoms with Crippen LogP contribution in [0.5, 0.6) is 23.0 Å². The second-order valence-electron chi connectivity index (χ2n) is 12.5. The molecule has 7 aromatic rings. The first-order valence-electron chi connectivity index (χ1n) is 16.8. The smallest absolute Gasteiger partial charge is 0.231 e. The van der Waals surface area contributed by atoms with Gasteiger partial charge in [-0.15, -0.1) is 11.3 Å². The highest BCUT2D eigenvalue weighted by Crippen LogP contribution is 2.32. The van der Waals surface area contributed by atoms with Gasteiger partial charge in [0.1, 0.15) is 11.5 Å². The van der Waals surface area contributed by atoms with Crippen molar-refractivity contribution >= 4 is 27.1 Å². The summed E-state index contributed by atoms with van der Waals surface area (Å²) in [6.45, 7) is 12.4. The molecule has 0 saturated heterocycles. The summed E-state index contributed by atoms with van der Waals surface area (Å²) in [5.74, 6) is 3.87. The zero-order valence-corrected chi connectivity index (χ0v) is 30.1. The monoisotopic (exact) mass is 765 g/mol. The van der Waals surface area contributed by atoms with Crippen LogP contribution in [0.15, 0.2) is 109 Å². The molecular formula is C47H63N3O4S. The Morgan fingerprint density at radius 1 is 0.527 bits per heavy atom. The highest BCUT2D eigenvalue weighted by Gasteiger charge is 2.12. The van der Waals surface area contributed by atoms with Gasteiger partial charge in [0.05, 0.1) is 34.5 Å². The van der Waals surface area contributed by atoms with Gasteiger partial charge in [0.25, 0.3) is 0 Å². The number of hydrogen-bond acceptors (Lipinski definition) is 7. The van der Waals surface area contributed by atoms with E-state index in [9.17, 15) is 0 Å². The minimum atomic E-state index is 0. The van der Waals surface area contributed by atoms with Crippen LogP contribution in [0.3, 0.4) is 0 Å². The minimum absolute atomic E-state index is 0. The Morgan fingerprint density at radius 2 is 1.11 bits per heavy atom. The van der Waals surface area contributed by atoms with Crippen molar-refractivity contribution in [3.8, 4) is 23.0 Å². The minimum Gasteiger partial charge on any atom is -0.493 e. The summed E-state index contributed by atoms with van der Waals surface area (Å²) < 4.78 is 24.2. The first-order valence-corrected chi connectivity index (χ1v) is 17.7. The number of benzene rings is 4. The van der Waals surface area contributed by atoms with Crippen molar-refractivity contribution in [3.63, 3.8) is 0 Å². The van der Waals surface area contributed by atoms with E-state index >= 15 is 0 Å². The summed E-state index contributed by atoms with van der Waals surface area (Å²) in [7, 11) is 0. The van der Waals surface area contributed by atoms with E-state index in [-0.39, 0.29) is 37.1 Å².